The standard InChI is InChI=1S/C22H20N2OS2/c25-21(9-12-23-11-7-16-4-1-2-5-18(16)23)24-13-8-19-17(10-15-27-19)22(24)20-6-3-14-26-20/h1-7,10-11,14-15,22H,8-9,12-13H2. The summed E-state index contributed by atoms with van der Waals surface area (Å²) in [7, 11) is 0. The first-order valence-electron chi connectivity index (χ1n) is 9.24. The monoisotopic (exact) mass is 392 g/mol. The molecule has 0 N–H and O–H groups in total. The Balaban J connectivity index is 1.39. The highest BCUT2D eigenvalue weighted by Crippen LogP contribution is 2.39. The maximum Gasteiger partial charge on any atom is 0.225 e. The number of benzene rings is 1. The fraction of sp³-hybridized carbons (Fsp3) is 0.227. The van der Waals surface area contributed by atoms with Crippen molar-refractivity contribution in [1.29, 1.82) is 0 Å². The normalized spacial score (nSPS) is 16.6. The molecular formula is C22H20N2OS2. The highest BCUT2D eigenvalue weighted by molar-refractivity contribution is 7.10. The molecule has 5 rings (SSSR count). The molecule has 27 heavy (non-hydrogen) atoms. The van der Waals surface area contributed by atoms with Gasteiger partial charge in [0.1, 0.15) is 0 Å². The van der Waals surface area contributed by atoms with Gasteiger partial charge in [-0.1, -0.05) is 24.3 Å². The molecular weight excluding hydrogens is 372 g/mol. The maximum absolute atomic E-state index is 13.2. The second kappa shape index (κ2) is 6.98. The van der Waals surface area contributed by atoms with E-state index in [9.17, 15) is 4.79 Å². The third-order valence-electron chi connectivity index (χ3n) is 5.35. The molecule has 1 aliphatic heterocycles. The first-order valence-corrected chi connectivity index (χ1v) is 11.0. The summed E-state index contributed by atoms with van der Waals surface area (Å²) in [6.07, 6.45) is 3.58. The van der Waals surface area contributed by atoms with Crippen molar-refractivity contribution >= 4 is 39.5 Å². The average molecular weight is 393 g/mol. The number of carbonyl (C=O) groups is 1. The average Bonchev–Trinajstić information content (AvgIpc) is 3.45. The van der Waals surface area contributed by atoms with Gasteiger partial charge in [-0.25, -0.2) is 0 Å². The predicted molar refractivity (Wildman–Crippen MR) is 112 cm³/mol. The summed E-state index contributed by atoms with van der Waals surface area (Å²) in [5.74, 6) is 0.239. The van der Waals surface area contributed by atoms with Gasteiger partial charge in [-0.3, -0.25) is 4.79 Å². The molecule has 0 bridgehead atoms. The summed E-state index contributed by atoms with van der Waals surface area (Å²) in [6.45, 7) is 1.53. The van der Waals surface area contributed by atoms with Crippen LogP contribution < -0.4 is 0 Å². The van der Waals surface area contributed by atoms with Crippen molar-refractivity contribution in [3.8, 4) is 0 Å². The van der Waals surface area contributed by atoms with Gasteiger partial charge in [-0.05, 0) is 52.4 Å². The summed E-state index contributed by atoms with van der Waals surface area (Å²) in [5.41, 5.74) is 2.51. The van der Waals surface area contributed by atoms with Gasteiger partial charge in [0.15, 0.2) is 0 Å². The lowest BCUT2D eigenvalue weighted by molar-refractivity contribution is -0.133. The number of rotatable bonds is 4. The molecule has 0 radical (unpaired) electrons. The first kappa shape index (κ1) is 16.8. The van der Waals surface area contributed by atoms with Gasteiger partial charge >= 0.3 is 0 Å². The highest BCUT2D eigenvalue weighted by Gasteiger charge is 2.33. The number of nitrogens with zero attached hydrogens (tertiary/aromatic N) is 2. The lowest BCUT2D eigenvalue weighted by atomic mass is 9.98. The Morgan fingerprint density at radius 3 is 2.85 bits per heavy atom. The van der Waals surface area contributed by atoms with Crippen LogP contribution in [0, 0.1) is 0 Å². The third kappa shape index (κ3) is 3.01. The summed E-state index contributed by atoms with van der Waals surface area (Å²) in [6, 6.07) is 17.0. The molecule has 0 spiro atoms. The van der Waals surface area contributed by atoms with Gasteiger partial charge in [-0.15, -0.1) is 22.7 Å². The minimum absolute atomic E-state index is 0.0777. The number of thiophene rings is 2. The van der Waals surface area contributed by atoms with Crippen molar-refractivity contribution in [3.63, 3.8) is 0 Å². The van der Waals surface area contributed by atoms with Crippen LogP contribution in [0.5, 0.6) is 0 Å². The Hall–Kier alpha value is -2.37. The van der Waals surface area contributed by atoms with E-state index in [4.69, 9.17) is 0 Å². The van der Waals surface area contributed by atoms with E-state index in [0.717, 1.165) is 19.5 Å². The summed E-state index contributed by atoms with van der Waals surface area (Å²) < 4.78 is 2.19. The zero-order chi connectivity index (χ0) is 18.2. The molecule has 3 nitrogen and oxygen atoms in total. The second-order valence-corrected chi connectivity index (χ2v) is 8.85. The first-order chi connectivity index (χ1) is 13.3. The van der Waals surface area contributed by atoms with Gasteiger partial charge in [0.25, 0.3) is 0 Å². The molecule has 0 aliphatic carbocycles. The maximum atomic E-state index is 13.2. The molecule has 4 aromatic rings. The molecule has 0 saturated carbocycles. The quantitative estimate of drug-likeness (QED) is 0.461. The summed E-state index contributed by atoms with van der Waals surface area (Å²) >= 11 is 3.56. The zero-order valence-electron chi connectivity index (χ0n) is 14.9. The summed E-state index contributed by atoms with van der Waals surface area (Å²) in [5, 5.41) is 5.48. The number of para-hydroxylation sites is 1. The molecule has 5 heteroatoms. The molecule has 4 heterocycles. The molecule has 1 aromatic carbocycles. The molecule has 1 atom stereocenters. The minimum Gasteiger partial charge on any atom is -0.347 e. The van der Waals surface area contributed by atoms with Crippen molar-refractivity contribution in [2.75, 3.05) is 6.54 Å². The Bertz CT molecular complexity index is 1080. The van der Waals surface area contributed by atoms with Crippen LogP contribution >= 0.6 is 22.7 Å². The van der Waals surface area contributed by atoms with E-state index in [-0.39, 0.29) is 11.9 Å². The number of carbonyl (C=O) groups excluding carboxylic acids is 1. The number of fused-ring (bicyclic) bond motifs is 2. The Kier molecular flexibility index (Phi) is 4.34. The van der Waals surface area contributed by atoms with Crippen molar-refractivity contribution < 1.29 is 4.79 Å². The van der Waals surface area contributed by atoms with Gasteiger partial charge < -0.3 is 9.47 Å². The van der Waals surface area contributed by atoms with Crippen LogP contribution in [-0.4, -0.2) is 21.9 Å². The van der Waals surface area contributed by atoms with Crippen molar-refractivity contribution in [3.05, 3.63) is 80.8 Å². The van der Waals surface area contributed by atoms with Gasteiger partial charge in [-0.2, -0.15) is 0 Å². The van der Waals surface area contributed by atoms with Crippen LogP contribution in [0.25, 0.3) is 10.9 Å². The van der Waals surface area contributed by atoms with Crippen LogP contribution in [-0.2, 0) is 17.8 Å². The van der Waals surface area contributed by atoms with Crippen LogP contribution in [0.3, 0.4) is 0 Å². The van der Waals surface area contributed by atoms with E-state index in [1.807, 2.05) is 11.3 Å². The molecule has 0 saturated heterocycles. The van der Waals surface area contributed by atoms with Crippen LogP contribution in [0.4, 0.5) is 0 Å². The Morgan fingerprint density at radius 1 is 1.04 bits per heavy atom. The summed E-state index contributed by atoms with van der Waals surface area (Å²) in [4.78, 5) is 18.0. The molecule has 136 valence electrons. The number of aromatic nitrogens is 1. The van der Waals surface area contributed by atoms with Crippen LogP contribution in [0.2, 0.25) is 0 Å². The fourth-order valence-corrected chi connectivity index (χ4v) is 5.79. The lowest BCUT2D eigenvalue weighted by Gasteiger charge is -2.35. The smallest absolute Gasteiger partial charge is 0.225 e. The Labute approximate surface area is 166 Å². The lowest BCUT2D eigenvalue weighted by Crippen LogP contribution is -2.40. The fourth-order valence-electron chi connectivity index (χ4n) is 4.03. The van der Waals surface area contributed by atoms with E-state index in [1.54, 1.807) is 11.3 Å². The van der Waals surface area contributed by atoms with Crippen molar-refractivity contribution in [2.24, 2.45) is 0 Å². The highest BCUT2D eigenvalue weighted by atomic mass is 32.1. The Morgan fingerprint density at radius 2 is 1.96 bits per heavy atom. The molecule has 1 amide bonds. The molecule has 0 fully saturated rings. The molecule has 3 aromatic heterocycles. The zero-order valence-corrected chi connectivity index (χ0v) is 16.5. The molecule has 1 aliphatic rings. The number of aryl methyl sites for hydroxylation is 1. The topological polar surface area (TPSA) is 25.2 Å². The van der Waals surface area contributed by atoms with Gasteiger partial charge in [0, 0.05) is 41.0 Å². The second-order valence-electron chi connectivity index (χ2n) is 6.87. The van der Waals surface area contributed by atoms with E-state index in [2.05, 4.69) is 75.0 Å². The van der Waals surface area contributed by atoms with E-state index >= 15 is 0 Å². The number of hydrogen-bond acceptors (Lipinski definition) is 3. The van der Waals surface area contributed by atoms with E-state index < -0.39 is 0 Å². The van der Waals surface area contributed by atoms with Gasteiger partial charge in [0.2, 0.25) is 5.91 Å². The third-order valence-corrected chi connectivity index (χ3v) is 7.27. The predicted octanol–water partition coefficient (Wildman–Crippen LogP) is 5.33. The van der Waals surface area contributed by atoms with Crippen LogP contribution in [0.15, 0.2) is 65.5 Å². The van der Waals surface area contributed by atoms with Crippen molar-refractivity contribution in [1.82, 2.24) is 9.47 Å². The number of amides is 1. The van der Waals surface area contributed by atoms with E-state index in [0.29, 0.717) is 6.42 Å². The van der Waals surface area contributed by atoms with Gasteiger partial charge in [0.05, 0.1) is 6.04 Å². The molecule has 1 unspecified atom stereocenters. The largest absolute Gasteiger partial charge is 0.347 e. The van der Waals surface area contributed by atoms with Crippen molar-refractivity contribution in [2.45, 2.75) is 25.4 Å². The van der Waals surface area contributed by atoms with Crippen LogP contribution in [0.1, 0.15) is 27.8 Å². The SMILES string of the molecule is O=C(CCn1ccc2ccccc21)N1CCc2sccc2C1c1cccs1. The number of hydrogen-bond donors (Lipinski definition) is 0. The van der Waals surface area contributed by atoms with E-state index in [1.165, 1.54) is 26.2 Å². The minimum atomic E-state index is 0.0777.